The van der Waals surface area contributed by atoms with Gasteiger partial charge in [-0.25, -0.2) is 5.84 Å². The predicted octanol–water partition coefficient (Wildman–Crippen LogP) is 0.512. The minimum Gasteiger partial charge on any atom is -0.380 e. The monoisotopic (exact) mass is 249 g/mol. The summed E-state index contributed by atoms with van der Waals surface area (Å²) in [7, 11) is 0. The molecular formula is C13H19N3O2. The maximum absolute atomic E-state index is 11.3. The Balaban J connectivity index is 1.94. The molecule has 3 N–H and O–H groups in total. The zero-order chi connectivity index (χ0) is 12.8. The van der Waals surface area contributed by atoms with Crippen LogP contribution in [0.15, 0.2) is 24.3 Å². The fourth-order valence-electron chi connectivity index (χ4n) is 2.06. The lowest BCUT2D eigenvalue weighted by Gasteiger charge is -2.19. The zero-order valence-electron chi connectivity index (χ0n) is 10.4. The molecule has 0 aromatic heterocycles. The summed E-state index contributed by atoms with van der Waals surface area (Å²) in [4.78, 5) is 13.7. The van der Waals surface area contributed by atoms with Crippen molar-refractivity contribution in [2.75, 3.05) is 26.3 Å². The van der Waals surface area contributed by atoms with Crippen molar-refractivity contribution >= 4 is 5.91 Å². The first-order chi connectivity index (χ1) is 8.79. The van der Waals surface area contributed by atoms with E-state index < -0.39 is 0 Å². The van der Waals surface area contributed by atoms with E-state index in [0.29, 0.717) is 5.56 Å². The molecule has 1 aliphatic rings. The number of benzene rings is 1. The summed E-state index contributed by atoms with van der Waals surface area (Å²) < 4.78 is 5.42. The van der Waals surface area contributed by atoms with E-state index in [2.05, 4.69) is 10.3 Å². The van der Waals surface area contributed by atoms with Crippen LogP contribution in [0.3, 0.4) is 0 Å². The lowest BCUT2D eigenvalue weighted by molar-refractivity contribution is 0.0953. The van der Waals surface area contributed by atoms with Crippen molar-refractivity contribution in [3.05, 3.63) is 35.4 Å². The largest absolute Gasteiger partial charge is 0.380 e. The number of nitrogens with two attached hydrogens (primary N) is 1. The summed E-state index contributed by atoms with van der Waals surface area (Å²) >= 11 is 0. The van der Waals surface area contributed by atoms with Crippen molar-refractivity contribution in [2.45, 2.75) is 13.0 Å². The third-order valence-corrected chi connectivity index (χ3v) is 3.07. The second kappa shape index (κ2) is 6.49. The lowest BCUT2D eigenvalue weighted by atomic mass is 10.1. The van der Waals surface area contributed by atoms with Crippen molar-refractivity contribution < 1.29 is 9.53 Å². The molecular weight excluding hydrogens is 230 g/mol. The van der Waals surface area contributed by atoms with Gasteiger partial charge in [0, 0.05) is 31.8 Å². The van der Waals surface area contributed by atoms with Gasteiger partial charge in [0.25, 0.3) is 5.91 Å². The Hall–Kier alpha value is -1.43. The van der Waals surface area contributed by atoms with E-state index in [4.69, 9.17) is 10.6 Å². The van der Waals surface area contributed by atoms with E-state index in [-0.39, 0.29) is 5.91 Å². The number of hydrogen-bond acceptors (Lipinski definition) is 4. The van der Waals surface area contributed by atoms with Crippen LogP contribution in [0, 0.1) is 0 Å². The maximum atomic E-state index is 11.3. The number of hydrazine groups is 1. The molecule has 0 radical (unpaired) electrons. The highest BCUT2D eigenvalue weighted by Crippen LogP contribution is 2.09. The fraction of sp³-hybridized carbons (Fsp3) is 0.462. The Labute approximate surface area is 107 Å². The summed E-state index contributed by atoms with van der Waals surface area (Å²) in [5.74, 6) is 4.83. The van der Waals surface area contributed by atoms with Crippen molar-refractivity contribution in [1.29, 1.82) is 0 Å². The van der Waals surface area contributed by atoms with E-state index in [1.54, 1.807) is 12.1 Å². The Morgan fingerprint density at radius 1 is 1.28 bits per heavy atom. The molecule has 98 valence electrons. The van der Waals surface area contributed by atoms with E-state index in [0.717, 1.165) is 39.3 Å². The topological polar surface area (TPSA) is 67.6 Å². The van der Waals surface area contributed by atoms with Crippen molar-refractivity contribution in [3.8, 4) is 0 Å². The van der Waals surface area contributed by atoms with Gasteiger partial charge in [0.15, 0.2) is 0 Å². The average Bonchev–Trinajstić information content (AvgIpc) is 2.67. The van der Waals surface area contributed by atoms with Gasteiger partial charge in [0.05, 0.1) is 6.61 Å². The molecule has 0 saturated carbocycles. The molecule has 0 spiro atoms. The molecule has 5 nitrogen and oxygen atoms in total. The number of amides is 1. The number of nitrogens with one attached hydrogen (secondary N) is 1. The molecule has 2 rings (SSSR count). The number of rotatable bonds is 3. The number of ether oxygens (including phenoxy) is 1. The van der Waals surface area contributed by atoms with Crippen LogP contribution in [-0.2, 0) is 11.3 Å². The number of nitrogen functional groups attached to an aromatic ring is 1. The van der Waals surface area contributed by atoms with E-state index in [1.165, 1.54) is 5.56 Å². The summed E-state index contributed by atoms with van der Waals surface area (Å²) in [6, 6.07) is 7.53. The smallest absolute Gasteiger partial charge is 0.265 e. The van der Waals surface area contributed by atoms with Gasteiger partial charge in [-0.15, -0.1) is 0 Å². The first-order valence-electron chi connectivity index (χ1n) is 6.19. The molecule has 0 unspecified atom stereocenters. The van der Waals surface area contributed by atoms with Crippen LogP contribution in [0.25, 0.3) is 0 Å². The van der Waals surface area contributed by atoms with Crippen LogP contribution in [0.4, 0.5) is 0 Å². The number of carbonyl (C=O) groups excluding carboxylic acids is 1. The molecule has 1 heterocycles. The van der Waals surface area contributed by atoms with Crippen molar-refractivity contribution in [3.63, 3.8) is 0 Å². The predicted molar refractivity (Wildman–Crippen MR) is 68.8 cm³/mol. The van der Waals surface area contributed by atoms with Gasteiger partial charge in [-0.1, -0.05) is 12.1 Å². The molecule has 0 bridgehead atoms. The molecule has 0 atom stereocenters. The van der Waals surface area contributed by atoms with Crippen LogP contribution in [0.1, 0.15) is 22.3 Å². The van der Waals surface area contributed by atoms with Crippen LogP contribution in [0.5, 0.6) is 0 Å². The van der Waals surface area contributed by atoms with Gasteiger partial charge in [-0.3, -0.25) is 15.1 Å². The number of hydrogen-bond donors (Lipinski definition) is 2. The van der Waals surface area contributed by atoms with Crippen LogP contribution in [0.2, 0.25) is 0 Å². The SMILES string of the molecule is NNC(=O)c1ccc(CN2CCCOCC2)cc1. The molecule has 1 aromatic rings. The van der Waals surface area contributed by atoms with Gasteiger partial charge in [0.1, 0.15) is 0 Å². The third-order valence-electron chi connectivity index (χ3n) is 3.07. The van der Waals surface area contributed by atoms with Gasteiger partial charge in [-0.2, -0.15) is 0 Å². The fourth-order valence-corrected chi connectivity index (χ4v) is 2.06. The quantitative estimate of drug-likeness (QED) is 0.465. The molecule has 1 saturated heterocycles. The van der Waals surface area contributed by atoms with Gasteiger partial charge in [-0.05, 0) is 24.1 Å². The Morgan fingerprint density at radius 2 is 2.06 bits per heavy atom. The summed E-state index contributed by atoms with van der Waals surface area (Å²) in [6.07, 6.45) is 1.08. The summed E-state index contributed by atoms with van der Waals surface area (Å²) in [5.41, 5.74) is 3.91. The van der Waals surface area contributed by atoms with Crippen LogP contribution >= 0.6 is 0 Å². The summed E-state index contributed by atoms with van der Waals surface area (Å²) in [6.45, 7) is 4.57. The van der Waals surface area contributed by atoms with E-state index in [9.17, 15) is 4.79 Å². The van der Waals surface area contributed by atoms with Crippen molar-refractivity contribution in [2.24, 2.45) is 5.84 Å². The minimum absolute atomic E-state index is 0.260. The number of carbonyl (C=O) groups is 1. The highest BCUT2D eigenvalue weighted by Gasteiger charge is 2.10. The van der Waals surface area contributed by atoms with Crippen molar-refractivity contribution in [1.82, 2.24) is 10.3 Å². The normalized spacial score (nSPS) is 17.2. The first kappa shape index (κ1) is 13.0. The number of nitrogens with zero attached hydrogens (tertiary/aromatic N) is 1. The second-order valence-corrected chi connectivity index (χ2v) is 4.41. The molecule has 1 aliphatic heterocycles. The Morgan fingerprint density at radius 3 is 2.78 bits per heavy atom. The van der Waals surface area contributed by atoms with Gasteiger partial charge in [0.2, 0.25) is 0 Å². The Kier molecular flexibility index (Phi) is 4.69. The second-order valence-electron chi connectivity index (χ2n) is 4.41. The molecule has 0 aliphatic carbocycles. The van der Waals surface area contributed by atoms with Gasteiger partial charge < -0.3 is 4.74 Å². The Bertz CT molecular complexity index is 384. The van der Waals surface area contributed by atoms with E-state index in [1.807, 2.05) is 12.1 Å². The average molecular weight is 249 g/mol. The van der Waals surface area contributed by atoms with Gasteiger partial charge >= 0.3 is 0 Å². The minimum atomic E-state index is -0.260. The highest BCUT2D eigenvalue weighted by atomic mass is 16.5. The molecule has 18 heavy (non-hydrogen) atoms. The maximum Gasteiger partial charge on any atom is 0.265 e. The van der Waals surface area contributed by atoms with E-state index >= 15 is 0 Å². The summed E-state index contributed by atoms with van der Waals surface area (Å²) in [5, 5.41) is 0. The zero-order valence-corrected chi connectivity index (χ0v) is 10.4. The molecule has 1 amide bonds. The molecule has 1 fully saturated rings. The third kappa shape index (κ3) is 3.53. The van der Waals surface area contributed by atoms with Crippen LogP contribution in [-0.4, -0.2) is 37.1 Å². The van der Waals surface area contributed by atoms with Crippen LogP contribution < -0.4 is 11.3 Å². The highest BCUT2D eigenvalue weighted by molar-refractivity contribution is 5.93. The first-order valence-corrected chi connectivity index (χ1v) is 6.19. The molecule has 5 heteroatoms. The standard InChI is InChI=1S/C13H19N3O2/c14-15-13(17)12-4-2-11(3-5-12)10-16-6-1-8-18-9-7-16/h2-5H,1,6-10,14H2,(H,15,17). The molecule has 1 aromatic carbocycles. The lowest BCUT2D eigenvalue weighted by Crippen LogP contribution is -2.30.